The van der Waals surface area contributed by atoms with Crippen molar-refractivity contribution >= 4 is 27.3 Å². The summed E-state index contributed by atoms with van der Waals surface area (Å²) in [6.07, 6.45) is 2.03. The van der Waals surface area contributed by atoms with Crippen molar-refractivity contribution in [1.29, 1.82) is 0 Å². The van der Waals surface area contributed by atoms with E-state index in [4.69, 9.17) is 0 Å². The summed E-state index contributed by atoms with van der Waals surface area (Å²) in [5.74, 6) is 0.455. The summed E-state index contributed by atoms with van der Waals surface area (Å²) < 4.78 is 39.5. The van der Waals surface area contributed by atoms with Crippen LogP contribution < -0.4 is 10.6 Å². The SMILES string of the molecule is CCNC(=NCc1ccc(S(=O)(=O)N(C)C)s1)NCC1(c2cccc(F)c2)CC1. The lowest BCUT2D eigenvalue weighted by atomic mass is 9.96. The summed E-state index contributed by atoms with van der Waals surface area (Å²) in [6, 6.07) is 10.2. The highest BCUT2D eigenvalue weighted by molar-refractivity contribution is 7.91. The predicted molar refractivity (Wildman–Crippen MR) is 115 cm³/mol. The summed E-state index contributed by atoms with van der Waals surface area (Å²) in [4.78, 5) is 5.46. The van der Waals surface area contributed by atoms with Crippen molar-refractivity contribution in [2.24, 2.45) is 4.99 Å². The van der Waals surface area contributed by atoms with E-state index in [2.05, 4.69) is 15.6 Å². The zero-order chi connectivity index (χ0) is 21.1. The summed E-state index contributed by atoms with van der Waals surface area (Å²) in [7, 11) is -0.378. The first kappa shape index (κ1) is 21.7. The predicted octanol–water partition coefficient (Wildman–Crippen LogP) is 2.92. The van der Waals surface area contributed by atoms with Gasteiger partial charge < -0.3 is 10.6 Å². The molecule has 2 aromatic rings. The second kappa shape index (κ2) is 8.81. The van der Waals surface area contributed by atoms with Crippen molar-refractivity contribution in [3.8, 4) is 0 Å². The molecule has 158 valence electrons. The van der Waals surface area contributed by atoms with Gasteiger partial charge in [-0.15, -0.1) is 11.3 Å². The Morgan fingerprint density at radius 3 is 2.62 bits per heavy atom. The molecule has 1 aromatic heterocycles. The number of rotatable bonds is 8. The Hall–Kier alpha value is -1.97. The highest BCUT2D eigenvalue weighted by atomic mass is 32.2. The average Bonchev–Trinajstić information content (AvgIpc) is 3.32. The summed E-state index contributed by atoms with van der Waals surface area (Å²) >= 11 is 1.23. The third kappa shape index (κ3) is 5.15. The zero-order valence-electron chi connectivity index (χ0n) is 16.9. The van der Waals surface area contributed by atoms with E-state index < -0.39 is 10.0 Å². The number of aliphatic imine (C=N–C) groups is 1. The first-order valence-electron chi connectivity index (χ1n) is 9.56. The minimum atomic E-state index is -3.42. The zero-order valence-corrected chi connectivity index (χ0v) is 18.5. The number of benzene rings is 1. The lowest BCUT2D eigenvalue weighted by Crippen LogP contribution is -2.41. The lowest BCUT2D eigenvalue weighted by Gasteiger charge is -2.19. The fourth-order valence-corrected chi connectivity index (χ4v) is 5.50. The second-order valence-electron chi connectivity index (χ2n) is 7.35. The molecule has 1 aliphatic rings. The standard InChI is InChI=1S/C20H27FN4O2S2/c1-4-22-19(23-13-17-8-9-18(28-17)29(26,27)25(2)3)24-14-20(10-11-20)15-6-5-7-16(21)12-15/h5-9,12H,4,10-11,13-14H2,1-3H3,(H2,22,23,24). The van der Waals surface area contributed by atoms with Gasteiger partial charge in [-0.2, -0.15) is 0 Å². The molecule has 3 rings (SSSR count). The van der Waals surface area contributed by atoms with E-state index in [0.29, 0.717) is 29.8 Å². The molecular formula is C20H27FN4O2S2. The fourth-order valence-electron chi connectivity index (χ4n) is 3.05. The van der Waals surface area contributed by atoms with Gasteiger partial charge in [0.05, 0.1) is 6.54 Å². The maximum atomic E-state index is 13.6. The Morgan fingerprint density at radius 2 is 2.00 bits per heavy atom. The topological polar surface area (TPSA) is 73.8 Å². The quantitative estimate of drug-likeness (QED) is 0.491. The van der Waals surface area contributed by atoms with Crippen LogP contribution in [-0.4, -0.2) is 45.9 Å². The number of thiophene rings is 1. The Kier molecular flexibility index (Phi) is 6.60. The number of nitrogens with zero attached hydrogens (tertiary/aromatic N) is 2. The van der Waals surface area contributed by atoms with E-state index in [0.717, 1.165) is 23.3 Å². The molecule has 0 amide bonds. The highest BCUT2D eigenvalue weighted by Gasteiger charge is 2.44. The molecule has 0 saturated heterocycles. The van der Waals surface area contributed by atoms with Crippen LogP contribution in [0, 0.1) is 5.82 Å². The van der Waals surface area contributed by atoms with E-state index in [1.54, 1.807) is 24.3 Å². The van der Waals surface area contributed by atoms with Crippen LogP contribution in [0.25, 0.3) is 0 Å². The largest absolute Gasteiger partial charge is 0.357 e. The van der Waals surface area contributed by atoms with Crippen molar-refractivity contribution < 1.29 is 12.8 Å². The molecule has 0 radical (unpaired) electrons. The van der Waals surface area contributed by atoms with Gasteiger partial charge in [-0.25, -0.2) is 22.1 Å². The molecule has 1 saturated carbocycles. The Bertz CT molecular complexity index is 982. The molecule has 1 heterocycles. The third-order valence-corrected chi connectivity index (χ3v) is 8.35. The number of hydrogen-bond acceptors (Lipinski definition) is 4. The molecule has 0 unspecified atom stereocenters. The maximum absolute atomic E-state index is 13.6. The Morgan fingerprint density at radius 1 is 1.24 bits per heavy atom. The van der Waals surface area contributed by atoms with Crippen LogP contribution in [0.2, 0.25) is 0 Å². The summed E-state index contributed by atoms with van der Waals surface area (Å²) in [5.41, 5.74) is 0.964. The first-order valence-corrected chi connectivity index (χ1v) is 11.8. The van der Waals surface area contributed by atoms with Gasteiger partial charge in [-0.05, 0) is 49.6 Å². The van der Waals surface area contributed by atoms with E-state index in [1.165, 1.54) is 35.8 Å². The van der Waals surface area contributed by atoms with Crippen LogP contribution in [0.5, 0.6) is 0 Å². The number of halogens is 1. The van der Waals surface area contributed by atoms with Crippen LogP contribution in [0.1, 0.15) is 30.2 Å². The number of sulfonamides is 1. The normalized spacial score (nSPS) is 16.1. The molecule has 0 bridgehead atoms. The summed E-state index contributed by atoms with van der Waals surface area (Å²) in [5, 5.41) is 6.58. The average molecular weight is 439 g/mol. The van der Waals surface area contributed by atoms with Crippen LogP contribution in [0.15, 0.2) is 45.6 Å². The van der Waals surface area contributed by atoms with Crippen LogP contribution in [-0.2, 0) is 22.0 Å². The van der Waals surface area contributed by atoms with Gasteiger partial charge in [0.15, 0.2) is 5.96 Å². The Balaban J connectivity index is 1.66. The summed E-state index contributed by atoms with van der Waals surface area (Å²) in [6.45, 7) is 3.76. The molecule has 0 aliphatic heterocycles. The number of hydrogen-bond donors (Lipinski definition) is 2. The molecule has 1 aromatic carbocycles. The third-order valence-electron chi connectivity index (χ3n) is 4.99. The highest BCUT2D eigenvalue weighted by Crippen LogP contribution is 2.47. The fraction of sp³-hybridized carbons (Fsp3) is 0.450. The van der Waals surface area contributed by atoms with E-state index in [-0.39, 0.29) is 11.2 Å². The molecular weight excluding hydrogens is 411 g/mol. The van der Waals surface area contributed by atoms with Gasteiger partial charge in [0.2, 0.25) is 0 Å². The monoisotopic (exact) mass is 438 g/mol. The van der Waals surface area contributed by atoms with Crippen LogP contribution in [0.3, 0.4) is 0 Å². The van der Waals surface area contributed by atoms with Crippen molar-refractivity contribution in [2.45, 2.75) is 35.9 Å². The van der Waals surface area contributed by atoms with Gasteiger partial charge in [0.1, 0.15) is 10.0 Å². The second-order valence-corrected chi connectivity index (χ2v) is 10.9. The number of nitrogens with one attached hydrogen (secondary N) is 2. The van der Waals surface area contributed by atoms with Crippen molar-refractivity contribution in [1.82, 2.24) is 14.9 Å². The van der Waals surface area contributed by atoms with E-state index in [9.17, 15) is 12.8 Å². The molecule has 6 nitrogen and oxygen atoms in total. The molecule has 9 heteroatoms. The lowest BCUT2D eigenvalue weighted by molar-refractivity contribution is 0.523. The van der Waals surface area contributed by atoms with Gasteiger partial charge in [-0.1, -0.05) is 12.1 Å². The maximum Gasteiger partial charge on any atom is 0.252 e. The molecule has 2 N–H and O–H groups in total. The molecule has 1 aliphatic carbocycles. The number of guanidine groups is 1. The molecule has 0 spiro atoms. The van der Waals surface area contributed by atoms with E-state index >= 15 is 0 Å². The minimum Gasteiger partial charge on any atom is -0.357 e. The van der Waals surface area contributed by atoms with Crippen molar-refractivity contribution in [2.75, 3.05) is 27.2 Å². The van der Waals surface area contributed by atoms with Crippen LogP contribution >= 0.6 is 11.3 Å². The molecule has 29 heavy (non-hydrogen) atoms. The van der Waals surface area contributed by atoms with Gasteiger partial charge >= 0.3 is 0 Å². The Labute approximate surface area is 175 Å². The molecule has 0 atom stereocenters. The van der Waals surface area contributed by atoms with Crippen LogP contribution in [0.4, 0.5) is 4.39 Å². The van der Waals surface area contributed by atoms with Gasteiger partial charge in [0, 0.05) is 37.5 Å². The van der Waals surface area contributed by atoms with Gasteiger partial charge in [0.25, 0.3) is 10.0 Å². The smallest absolute Gasteiger partial charge is 0.252 e. The van der Waals surface area contributed by atoms with Crippen molar-refractivity contribution in [3.05, 3.63) is 52.7 Å². The van der Waals surface area contributed by atoms with Gasteiger partial charge in [-0.3, -0.25) is 0 Å². The molecule has 1 fully saturated rings. The van der Waals surface area contributed by atoms with E-state index in [1.807, 2.05) is 13.0 Å². The first-order chi connectivity index (χ1) is 13.8. The minimum absolute atomic E-state index is 0.0474. The van der Waals surface area contributed by atoms with Crippen molar-refractivity contribution in [3.63, 3.8) is 0 Å².